The molecule has 0 aromatic heterocycles. The number of aryl methyl sites for hydroxylation is 2. The molecule has 0 fully saturated rings. The van der Waals surface area contributed by atoms with Gasteiger partial charge in [0.05, 0.1) is 22.4 Å². The van der Waals surface area contributed by atoms with E-state index in [9.17, 15) is 0 Å². The molecule has 0 radical (unpaired) electrons. The molecule has 292 valence electrons. The summed E-state index contributed by atoms with van der Waals surface area (Å²) in [6, 6.07) is 60.6. The van der Waals surface area contributed by atoms with Crippen molar-refractivity contribution in [1.82, 2.24) is 4.58 Å². The van der Waals surface area contributed by atoms with E-state index >= 15 is 0 Å². The lowest BCUT2D eigenvalue weighted by Crippen LogP contribution is -2.32. The molecular weight excluding hydrogens is 733 g/mol. The van der Waals surface area contributed by atoms with Gasteiger partial charge < -0.3 is 5.32 Å². The molecule has 1 aliphatic carbocycles. The van der Waals surface area contributed by atoms with E-state index in [0.29, 0.717) is 0 Å². The molecule has 6 nitrogen and oxygen atoms in total. The molecule has 7 aliphatic heterocycles. The van der Waals surface area contributed by atoms with Crippen LogP contribution in [0.15, 0.2) is 204 Å². The second-order valence-electron chi connectivity index (χ2n) is 15.6. The largest absolute Gasteiger partial charge is 0.356 e. The van der Waals surface area contributed by atoms with E-state index in [1.165, 1.54) is 27.8 Å². The van der Waals surface area contributed by atoms with Gasteiger partial charge in [-0.3, -0.25) is 0 Å². The second-order valence-corrected chi connectivity index (χ2v) is 15.6. The van der Waals surface area contributed by atoms with Crippen LogP contribution < -0.4 is 25.6 Å². The van der Waals surface area contributed by atoms with Gasteiger partial charge in [0.1, 0.15) is 18.4 Å². The van der Waals surface area contributed by atoms with Crippen LogP contribution in [0.4, 0.5) is 39.8 Å². The summed E-state index contributed by atoms with van der Waals surface area (Å²) in [4.78, 5) is 9.96. The molecule has 8 aliphatic rings. The predicted molar refractivity (Wildman–Crippen MR) is 249 cm³/mol. The summed E-state index contributed by atoms with van der Waals surface area (Å²) in [6.07, 6.45) is 9.33. The normalized spacial score (nSPS) is 14.9. The van der Waals surface area contributed by atoms with E-state index < -0.39 is 0 Å². The highest BCUT2D eigenvalue weighted by Crippen LogP contribution is 2.34. The summed E-state index contributed by atoms with van der Waals surface area (Å²) in [5.74, 6) is 0. The fraction of sp³-hybridized carbons (Fsp3) is 0.111. The summed E-state index contributed by atoms with van der Waals surface area (Å²) in [7, 11) is 2.14. The summed E-state index contributed by atoms with van der Waals surface area (Å²) < 4.78 is 4.57. The number of hydrazine groups is 1. The van der Waals surface area contributed by atoms with Crippen LogP contribution in [0.25, 0.3) is 0 Å². The first kappa shape index (κ1) is 38.1. The third-order valence-electron chi connectivity index (χ3n) is 11.3. The summed E-state index contributed by atoms with van der Waals surface area (Å²) in [6.45, 7) is 6.46. The van der Waals surface area contributed by atoms with Crippen molar-refractivity contribution in [2.45, 2.75) is 33.2 Å². The maximum atomic E-state index is 5.03. The Kier molecular flexibility index (Phi) is 10.7. The van der Waals surface area contributed by atoms with Crippen LogP contribution in [-0.4, -0.2) is 23.2 Å². The zero-order chi connectivity index (χ0) is 41.0. The molecule has 7 heterocycles. The first-order chi connectivity index (χ1) is 29.3. The van der Waals surface area contributed by atoms with Crippen LogP contribution in [0.2, 0.25) is 0 Å². The quantitative estimate of drug-likeness (QED) is 0.143. The van der Waals surface area contributed by atoms with Gasteiger partial charge in [0.15, 0.2) is 11.4 Å². The van der Waals surface area contributed by atoms with Crippen molar-refractivity contribution in [2.75, 3.05) is 17.4 Å². The summed E-state index contributed by atoms with van der Waals surface area (Å²) in [5, 5.41) is 7.96. The van der Waals surface area contributed by atoms with Crippen LogP contribution >= 0.6 is 0 Å². The molecule has 60 heavy (non-hydrogen) atoms. The highest BCUT2D eigenvalue weighted by molar-refractivity contribution is 6.17. The zero-order valence-electron chi connectivity index (χ0n) is 34.5. The van der Waals surface area contributed by atoms with Gasteiger partial charge in [-0.15, -0.1) is 5.01 Å². The van der Waals surface area contributed by atoms with Gasteiger partial charge >= 0.3 is 0 Å². The number of hydrogen-bond acceptors (Lipinski definition) is 4. The van der Waals surface area contributed by atoms with Crippen LogP contribution in [0.3, 0.4) is 0 Å². The molecular formula is C54H48N6+2. The number of hydrogen-bond donors (Lipinski definition) is 1. The standard InChI is InChI=1S/C54H48N6/c1-38-5-9-41(10-6-38)37-42-11-27-51(28-12-42)59-52-31-25-49(26-32-52)57-46-19-29-50(30-20-46)58(4)40(3)43-13-17-45(18-14-43)56-48-23-35-54(36-24-48)60(59)53-33-21-47(22-34-53)55-44-15-7-39(2)8-16-44/h5-36,40,56H,37H2,1-4H3/q+2. The Morgan fingerprint density at radius 3 is 1.72 bits per heavy atom. The van der Waals surface area contributed by atoms with Gasteiger partial charge in [-0.05, 0) is 128 Å². The van der Waals surface area contributed by atoms with Crippen molar-refractivity contribution < 1.29 is 4.68 Å². The van der Waals surface area contributed by atoms with Crippen LogP contribution in [-0.2, 0) is 6.42 Å². The molecule has 1 atom stereocenters. The Morgan fingerprint density at radius 2 is 1.12 bits per heavy atom. The first-order valence-electron chi connectivity index (χ1n) is 20.6. The van der Waals surface area contributed by atoms with Gasteiger partial charge in [0, 0.05) is 60.3 Å². The minimum Gasteiger partial charge on any atom is -0.356 e. The number of rotatable bonds is 4. The second kappa shape index (κ2) is 16.8. The van der Waals surface area contributed by atoms with E-state index in [-0.39, 0.29) is 6.04 Å². The maximum Gasteiger partial charge on any atom is 0.237 e. The van der Waals surface area contributed by atoms with Crippen molar-refractivity contribution in [1.29, 1.82) is 0 Å². The minimum absolute atomic E-state index is 0.190. The van der Waals surface area contributed by atoms with Crippen molar-refractivity contribution in [3.05, 3.63) is 233 Å². The molecule has 15 rings (SSSR count). The monoisotopic (exact) mass is 780 g/mol. The predicted octanol–water partition coefficient (Wildman–Crippen LogP) is 11.5. The number of nitrogens with zero attached hydrogens (tertiary/aromatic N) is 5. The van der Waals surface area contributed by atoms with Gasteiger partial charge in [-0.25, -0.2) is 14.6 Å². The minimum atomic E-state index is 0.190. The van der Waals surface area contributed by atoms with Crippen molar-refractivity contribution in [3.63, 3.8) is 0 Å². The topological polar surface area (TPSA) is 46.0 Å². The molecule has 7 aromatic carbocycles. The Labute approximate surface area is 352 Å². The Morgan fingerprint density at radius 1 is 0.583 bits per heavy atom. The van der Waals surface area contributed by atoms with Crippen LogP contribution in [0, 0.1) is 13.8 Å². The van der Waals surface area contributed by atoms with Gasteiger partial charge in [-0.2, -0.15) is 0 Å². The smallest absolute Gasteiger partial charge is 0.237 e. The number of benzene rings is 7. The van der Waals surface area contributed by atoms with Crippen LogP contribution in [0.1, 0.15) is 40.8 Å². The van der Waals surface area contributed by atoms with Gasteiger partial charge in [0.25, 0.3) is 0 Å². The third kappa shape index (κ3) is 8.54. The molecule has 7 aromatic rings. The Balaban J connectivity index is 1.19. The SMILES string of the molecule is Cc1ccc(Cc2ccc(N3c4ccc(cc4)N=c4ccc(cc4)=[N+](C)C(C)c4ccc(cc4)Nc4ccc(cc4)[N+]3=C3C=CC(=Nc4ccc(C)cc4)C=C3)cc2)cc1. The molecule has 1 N–H and O–H groups in total. The highest BCUT2D eigenvalue weighted by Gasteiger charge is 2.28. The Bertz CT molecular complexity index is 2860. The summed E-state index contributed by atoms with van der Waals surface area (Å²) >= 11 is 0. The van der Waals surface area contributed by atoms with Crippen molar-refractivity contribution in [2.24, 2.45) is 9.98 Å². The highest BCUT2D eigenvalue weighted by atomic mass is 15.6. The molecule has 0 saturated carbocycles. The number of hydrazone groups is 1. The Hall–Kier alpha value is -7.44. The maximum absolute atomic E-state index is 5.03. The lowest BCUT2D eigenvalue weighted by molar-refractivity contribution is -0.442. The van der Waals surface area contributed by atoms with Crippen molar-refractivity contribution >= 4 is 51.2 Å². The fourth-order valence-electron chi connectivity index (χ4n) is 7.62. The van der Waals surface area contributed by atoms with E-state index in [1.54, 1.807) is 0 Å². The number of allylic oxidation sites excluding steroid dienone is 4. The molecule has 0 amide bonds. The van der Waals surface area contributed by atoms with E-state index in [4.69, 9.17) is 9.98 Å². The van der Waals surface area contributed by atoms with E-state index in [0.717, 1.165) is 68.4 Å². The van der Waals surface area contributed by atoms with E-state index in [2.05, 4.69) is 242 Å². The van der Waals surface area contributed by atoms with Gasteiger partial charge in [0.2, 0.25) is 11.4 Å². The lowest BCUT2D eigenvalue weighted by Gasteiger charge is -2.23. The molecule has 0 saturated heterocycles. The molecule has 8 bridgehead atoms. The molecule has 0 spiro atoms. The molecule has 1 unspecified atom stereocenters. The zero-order valence-corrected chi connectivity index (χ0v) is 34.5. The van der Waals surface area contributed by atoms with Crippen molar-refractivity contribution in [3.8, 4) is 0 Å². The third-order valence-corrected chi connectivity index (χ3v) is 11.3. The van der Waals surface area contributed by atoms with E-state index in [1.807, 2.05) is 0 Å². The average Bonchev–Trinajstić information content (AvgIpc) is 3.28. The number of aliphatic imine (C=N–C) groups is 1. The number of nitrogens with one attached hydrogen (secondary N) is 1. The lowest BCUT2D eigenvalue weighted by atomic mass is 10.0. The van der Waals surface area contributed by atoms with Gasteiger partial charge in [-0.1, -0.05) is 76.5 Å². The first-order valence-corrected chi connectivity index (χ1v) is 20.6. The summed E-state index contributed by atoms with van der Waals surface area (Å²) in [5.41, 5.74) is 15.0. The van der Waals surface area contributed by atoms with Crippen LogP contribution in [0.5, 0.6) is 0 Å². The average molecular weight is 781 g/mol. The fourth-order valence-corrected chi connectivity index (χ4v) is 7.62. The number of anilines is 4. The molecule has 6 heteroatoms.